The highest BCUT2D eigenvalue weighted by Gasteiger charge is 2.13. The van der Waals surface area contributed by atoms with Crippen molar-refractivity contribution in [3.8, 4) is 0 Å². The van der Waals surface area contributed by atoms with Gasteiger partial charge in [-0.25, -0.2) is 8.78 Å². The topological polar surface area (TPSA) is 17.1 Å². The molecular formula is C17H13ClF2O. The van der Waals surface area contributed by atoms with E-state index in [0.717, 1.165) is 17.7 Å². The summed E-state index contributed by atoms with van der Waals surface area (Å²) in [5.41, 5.74) is 1.83. The standard InChI is InChI=1S/C17H13ClF2O/c1-10-3-4-12(8-16(10)18)7-15(11(2)21)14-6-5-13(19)9-17(14)20/h3-9H,1-2H3/b15-7-. The van der Waals surface area contributed by atoms with E-state index in [9.17, 15) is 13.6 Å². The first-order valence-electron chi connectivity index (χ1n) is 6.32. The van der Waals surface area contributed by atoms with E-state index in [-0.39, 0.29) is 16.9 Å². The first-order valence-corrected chi connectivity index (χ1v) is 6.70. The third-order valence-corrected chi connectivity index (χ3v) is 3.51. The summed E-state index contributed by atoms with van der Waals surface area (Å²) in [5.74, 6) is -1.76. The Hall–Kier alpha value is -2.00. The summed E-state index contributed by atoms with van der Waals surface area (Å²) in [6.45, 7) is 3.20. The van der Waals surface area contributed by atoms with Gasteiger partial charge in [0.05, 0.1) is 0 Å². The number of halogens is 3. The number of rotatable bonds is 3. The Morgan fingerprint density at radius 3 is 2.43 bits per heavy atom. The predicted molar refractivity (Wildman–Crippen MR) is 81.1 cm³/mol. The minimum absolute atomic E-state index is 0.0700. The summed E-state index contributed by atoms with van der Waals surface area (Å²) in [5, 5.41) is 0.561. The Balaban J connectivity index is 2.55. The molecule has 2 rings (SSSR count). The smallest absolute Gasteiger partial charge is 0.160 e. The largest absolute Gasteiger partial charge is 0.294 e. The summed E-state index contributed by atoms with van der Waals surface area (Å²) in [7, 11) is 0. The Morgan fingerprint density at radius 2 is 1.86 bits per heavy atom. The van der Waals surface area contributed by atoms with Crippen LogP contribution in [0.5, 0.6) is 0 Å². The van der Waals surface area contributed by atoms with E-state index in [1.165, 1.54) is 13.0 Å². The Kier molecular flexibility index (Phi) is 4.53. The van der Waals surface area contributed by atoms with Crippen molar-refractivity contribution in [3.05, 3.63) is 69.7 Å². The van der Waals surface area contributed by atoms with Crippen LogP contribution >= 0.6 is 11.6 Å². The molecule has 0 fully saturated rings. The van der Waals surface area contributed by atoms with Gasteiger partial charge in [-0.3, -0.25) is 4.79 Å². The van der Waals surface area contributed by atoms with Gasteiger partial charge in [0.2, 0.25) is 0 Å². The fourth-order valence-electron chi connectivity index (χ4n) is 1.94. The molecule has 0 saturated carbocycles. The first-order chi connectivity index (χ1) is 9.88. The number of hydrogen-bond donors (Lipinski definition) is 0. The minimum atomic E-state index is -0.769. The highest BCUT2D eigenvalue weighted by molar-refractivity contribution is 6.31. The van der Waals surface area contributed by atoms with Gasteiger partial charge >= 0.3 is 0 Å². The molecule has 4 heteroatoms. The average molecular weight is 307 g/mol. The fourth-order valence-corrected chi connectivity index (χ4v) is 2.13. The molecule has 0 aromatic heterocycles. The van der Waals surface area contributed by atoms with Crippen LogP contribution in [0.4, 0.5) is 8.78 Å². The predicted octanol–water partition coefficient (Wildman–Crippen LogP) is 5.06. The van der Waals surface area contributed by atoms with E-state index in [2.05, 4.69) is 0 Å². The van der Waals surface area contributed by atoms with E-state index in [1.807, 2.05) is 13.0 Å². The van der Waals surface area contributed by atoms with Gasteiger partial charge < -0.3 is 0 Å². The fraction of sp³-hybridized carbons (Fsp3) is 0.118. The SMILES string of the molecule is CC(=O)/C(=C/c1ccc(C)c(Cl)c1)c1ccc(F)cc1F. The molecule has 0 aliphatic carbocycles. The molecule has 2 aromatic carbocycles. The zero-order valence-electron chi connectivity index (χ0n) is 11.6. The summed E-state index contributed by atoms with van der Waals surface area (Å²) in [6, 6.07) is 8.43. The second kappa shape index (κ2) is 6.19. The Bertz CT molecular complexity index is 736. The first kappa shape index (κ1) is 15.4. The van der Waals surface area contributed by atoms with Crippen LogP contribution in [0, 0.1) is 18.6 Å². The number of carbonyl (C=O) groups excluding carboxylic acids is 1. The lowest BCUT2D eigenvalue weighted by atomic mass is 9.98. The van der Waals surface area contributed by atoms with Crippen molar-refractivity contribution in [1.29, 1.82) is 0 Å². The third-order valence-electron chi connectivity index (χ3n) is 3.11. The summed E-state index contributed by atoms with van der Waals surface area (Å²) in [4.78, 5) is 11.8. The van der Waals surface area contributed by atoms with Crippen molar-refractivity contribution in [2.24, 2.45) is 0 Å². The normalized spacial score (nSPS) is 11.6. The molecule has 0 N–H and O–H groups in total. The van der Waals surface area contributed by atoms with E-state index in [4.69, 9.17) is 11.6 Å². The molecule has 0 heterocycles. The van der Waals surface area contributed by atoms with Crippen LogP contribution in [0.25, 0.3) is 11.6 Å². The van der Waals surface area contributed by atoms with E-state index >= 15 is 0 Å². The highest BCUT2D eigenvalue weighted by Crippen LogP contribution is 2.25. The van der Waals surface area contributed by atoms with Gasteiger partial charge in [-0.2, -0.15) is 0 Å². The number of Topliss-reactive ketones (excluding diaryl/α,β-unsaturated/α-hetero) is 1. The summed E-state index contributed by atoms with van der Waals surface area (Å²) >= 11 is 6.04. The van der Waals surface area contributed by atoms with Crippen molar-refractivity contribution in [2.45, 2.75) is 13.8 Å². The maximum atomic E-state index is 13.8. The number of benzene rings is 2. The molecule has 21 heavy (non-hydrogen) atoms. The molecule has 0 aliphatic rings. The lowest BCUT2D eigenvalue weighted by Crippen LogP contribution is -1.99. The van der Waals surface area contributed by atoms with Crippen LogP contribution in [0.2, 0.25) is 5.02 Å². The van der Waals surface area contributed by atoms with Crippen LogP contribution in [-0.2, 0) is 4.79 Å². The highest BCUT2D eigenvalue weighted by atomic mass is 35.5. The van der Waals surface area contributed by atoms with Gasteiger partial charge in [0.25, 0.3) is 0 Å². The molecule has 0 radical (unpaired) electrons. The van der Waals surface area contributed by atoms with Gasteiger partial charge in [0, 0.05) is 22.2 Å². The molecule has 0 spiro atoms. The third kappa shape index (κ3) is 3.56. The Morgan fingerprint density at radius 1 is 1.14 bits per heavy atom. The zero-order chi connectivity index (χ0) is 15.6. The van der Waals surface area contributed by atoms with Gasteiger partial charge in [-0.05, 0) is 49.2 Å². The van der Waals surface area contributed by atoms with Gasteiger partial charge in [0.1, 0.15) is 11.6 Å². The second-order valence-electron chi connectivity index (χ2n) is 4.75. The average Bonchev–Trinajstić information content (AvgIpc) is 2.40. The molecule has 108 valence electrons. The number of aryl methyl sites for hydroxylation is 1. The van der Waals surface area contributed by atoms with Gasteiger partial charge in [-0.15, -0.1) is 0 Å². The summed E-state index contributed by atoms with van der Waals surface area (Å²) < 4.78 is 26.8. The van der Waals surface area contributed by atoms with Crippen molar-refractivity contribution in [2.75, 3.05) is 0 Å². The van der Waals surface area contributed by atoms with E-state index in [0.29, 0.717) is 10.6 Å². The van der Waals surface area contributed by atoms with Crippen molar-refractivity contribution in [3.63, 3.8) is 0 Å². The van der Waals surface area contributed by atoms with Gasteiger partial charge in [-0.1, -0.05) is 23.7 Å². The zero-order valence-corrected chi connectivity index (χ0v) is 12.3. The van der Waals surface area contributed by atoms with Crippen LogP contribution < -0.4 is 0 Å². The maximum Gasteiger partial charge on any atom is 0.160 e. The van der Waals surface area contributed by atoms with Crippen LogP contribution in [0.3, 0.4) is 0 Å². The lowest BCUT2D eigenvalue weighted by molar-refractivity contribution is -0.111. The molecule has 2 aromatic rings. The molecule has 0 aliphatic heterocycles. The molecule has 0 bridgehead atoms. The van der Waals surface area contributed by atoms with Crippen molar-refractivity contribution >= 4 is 29.0 Å². The summed E-state index contributed by atoms with van der Waals surface area (Å²) in [6.07, 6.45) is 1.55. The minimum Gasteiger partial charge on any atom is -0.294 e. The van der Waals surface area contributed by atoms with Crippen molar-refractivity contribution < 1.29 is 13.6 Å². The number of allylic oxidation sites excluding steroid dienone is 1. The quantitative estimate of drug-likeness (QED) is 0.572. The molecular weight excluding hydrogens is 294 g/mol. The maximum absolute atomic E-state index is 13.8. The molecule has 1 nitrogen and oxygen atoms in total. The monoisotopic (exact) mass is 306 g/mol. The molecule has 0 amide bonds. The van der Waals surface area contributed by atoms with Crippen LogP contribution in [0.15, 0.2) is 36.4 Å². The Labute approximate surface area is 126 Å². The van der Waals surface area contributed by atoms with E-state index < -0.39 is 11.6 Å². The number of ketones is 1. The molecule has 0 atom stereocenters. The lowest BCUT2D eigenvalue weighted by Gasteiger charge is -2.07. The molecule has 0 saturated heterocycles. The molecule has 0 unspecified atom stereocenters. The number of hydrogen-bond acceptors (Lipinski definition) is 1. The second-order valence-corrected chi connectivity index (χ2v) is 5.15. The number of carbonyl (C=O) groups is 1. The van der Waals surface area contributed by atoms with Crippen molar-refractivity contribution in [1.82, 2.24) is 0 Å². The van der Waals surface area contributed by atoms with Gasteiger partial charge in [0.15, 0.2) is 5.78 Å². The van der Waals surface area contributed by atoms with Crippen LogP contribution in [-0.4, -0.2) is 5.78 Å². The van der Waals surface area contributed by atoms with E-state index in [1.54, 1.807) is 18.2 Å². The van der Waals surface area contributed by atoms with Crippen LogP contribution in [0.1, 0.15) is 23.6 Å².